The molecule has 0 aromatic carbocycles. The van der Waals surface area contributed by atoms with Gasteiger partial charge in [-0.15, -0.1) is 26.4 Å². The molecule has 0 aliphatic carbocycles. The summed E-state index contributed by atoms with van der Waals surface area (Å²) in [5.41, 5.74) is 0. The molecule has 0 amide bonds. The Morgan fingerprint density at radius 1 is 0.429 bits per heavy atom. The summed E-state index contributed by atoms with van der Waals surface area (Å²) in [6.07, 6.45) is 0. The smallest absolute Gasteiger partial charge is 0.854 e. The zero-order valence-corrected chi connectivity index (χ0v) is 16.8. The second-order valence-electron chi connectivity index (χ2n) is 6.24. The molecule has 0 unspecified atom stereocenters. The second kappa shape index (κ2) is 28.7. The Kier molecular flexibility index (Phi) is 45.4. The predicted molar refractivity (Wildman–Crippen MR) is 78.8 cm³/mol. The third-order valence-corrected chi connectivity index (χ3v) is 1.33. The van der Waals surface area contributed by atoms with Crippen molar-refractivity contribution in [1.82, 2.24) is 0 Å². The van der Waals surface area contributed by atoms with Gasteiger partial charge in [-0.1, -0.05) is 79.1 Å². The Bertz CT molecular complexity index is 108. The minimum absolute atomic E-state index is 0. The molecule has 21 heavy (non-hydrogen) atoms. The summed E-state index contributed by atoms with van der Waals surface area (Å²) < 4.78 is 0. The van der Waals surface area contributed by atoms with Crippen molar-refractivity contribution in [2.24, 2.45) is 23.7 Å². The van der Waals surface area contributed by atoms with Crippen LogP contribution in [0.15, 0.2) is 0 Å². The quantitative estimate of drug-likeness (QED) is 0.674. The Morgan fingerprint density at radius 3 is 0.476 bits per heavy atom. The number of hydrogen-bond donors (Lipinski definition) is 0. The Hall–Kier alpha value is 0.554. The summed E-state index contributed by atoms with van der Waals surface area (Å²) in [7, 11) is 0. The summed E-state index contributed by atoms with van der Waals surface area (Å²) in [6, 6.07) is 0. The molecule has 0 spiro atoms. The van der Waals surface area contributed by atoms with E-state index in [2.05, 4.69) is 0 Å². The van der Waals surface area contributed by atoms with Crippen LogP contribution >= 0.6 is 0 Å². The average Bonchev–Trinajstić information content (AvgIpc) is 2.40. The average molecular weight is 340 g/mol. The minimum atomic E-state index is 0. The van der Waals surface area contributed by atoms with Crippen LogP contribution in [-0.4, -0.2) is 26.4 Å². The molecule has 4 nitrogen and oxygen atoms in total. The van der Waals surface area contributed by atoms with Gasteiger partial charge in [0.15, 0.2) is 0 Å². The van der Waals surface area contributed by atoms with Gasteiger partial charge in [0.1, 0.15) is 0 Å². The SMILES string of the molecule is CC(C)C[O-].CC(C)C[O-].CC(C)C[O-].CC(C)C[O-].[Ti+4]. The molecule has 0 saturated carbocycles. The standard InChI is InChI=1S/4C4H9O.Ti/c4*1-4(2)3-5;/h4*4H,3H2,1-2H3;/q4*-1;+4. The van der Waals surface area contributed by atoms with E-state index in [1.54, 1.807) is 0 Å². The first-order chi connectivity index (χ1) is 9.08. The predicted octanol–water partition coefficient (Wildman–Crippen LogP) is 0.00830. The molecular formula is C16H36O4Ti. The van der Waals surface area contributed by atoms with Gasteiger partial charge in [-0.25, -0.2) is 0 Å². The van der Waals surface area contributed by atoms with Gasteiger partial charge < -0.3 is 20.4 Å². The Labute approximate surface area is 147 Å². The normalized spacial score (nSPS) is 9.14. The van der Waals surface area contributed by atoms with Gasteiger partial charge in [-0.2, -0.15) is 0 Å². The third kappa shape index (κ3) is 96.7. The fourth-order valence-corrected chi connectivity index (χ4v) is 0. The molecule has 0 atom stereocenters. The van der Waals surface area contributed by atoms with E-state index < -0.39 is 0 Å². The first-order valence-corrected chi connectivity index (χ1v) is 7.41. The summed E-state index contributed by atoms with van der Waals surface area (Å²) in [5, 5.41) is 38.5. The van der Waals surface area contributed by atoms with E-state index in [0.717, 1.165) is 0 Å². The van der Waals surface area contributed by atoms with Crippen LogP contribution < -0.4 is 20.4 Å². The maximum atomic E-state index is 9.63. The van der Waals surface area contributed by atoms with Crippen molar-refractivity contribution < 1.29 is 42.1 Å². The van der Waals surface area contributed by atoms with Gasteiger partial charge in [0, 0.05) is 0 Å². The van der Waals surface area contributed by atoms with Gasteiger partial charge in [-0.05, 0) is 0 Å². The Morgan fingerprint density at radius 2 is 0.476 bits per heavy atom. The molecule has 0 rings (SSSR count). The molecule has 0 aromatic rings. The van der Waals surface area contributed by atoms with Crippen molar-refractivity contribution in [3.8, 4) is 0 Å². The van der Waals surface area contributed by atoms with Crippen molar-refractivity contribution in [1.29, 1.82) is 0 Å². The second-order valence-corrected chi connectivity index (χ2v) is 6.24. The fraction of sp³-hybridized carbons (Fsp3) is 1.00. The molecule has 0 N–H and O–H groups in total. The summed E-state index contributed by atoms with van der Waals surface area (Å²) in [6.45, 7) is 15.5. The van der Waals surface area contributed by atoms with Crippen LogP contribution in [0.1, 0.15) is 55.4 Å². The van der Waals surface area contributed by atoms with Crippen LogP contribution in [0, 0.1) is 23.7 Å². The molecule has 0 bridgehead atoms. The fourth-order valence-electron chi connectivity index (χ4n) is 0. The van der Waals surface area contributed by atoms with Gasteiger partial charge in [0.25, 0.3) is 0 Å². The summed E-state index contributed by atoms with van der Waals surface area (Å²) in [5.74, 6) is 1.31. The molecule has 0 heterocycles. The molecular weight excluding hydrogens is 304 g/mol. The molecule has 0 radical (unpaired) electrons. The largest absolute Gasteiger partial charge is 4.00 e. The number of rotatable bonds is 4. The first kappa shape index (κ1) is 33.2. The molecule has 0 aromatic heterocycles. The maximum absolute atomic E-state index is 9.63. The van der Waals surface area contributed by atoms with E-state index in [4.69, 9.17) is 0 Å². The third-order valence-electron chi connectivity index (χ3n) is 1.33. The zero-order valence-electron chi connectivity index (χ0n) is 15.3. The molecule has 0 aliphatic heterocycles. The van der Waals surface area contributed by atoms with Crippen molar-refractivity contribution in [2.75, 3.05) is 26.4 Å². The topological polar surface area (TPSA) is 92.2 Å². The Balaban J connectivity index is -0.0000000533. The van der Waals surface area contributed by atoms with Crippen molar-refractivity contribution in [2.45, 2.75) is 55.4 Å². The minimum Gasteiger partial charge on any atom is -0.854 e. The molecule has 0 saturated heterocycles. The van der Waals surface area contributed by atoms with E-state index in [0.29, 0.717) is 23.7 Å². The van der Waals surface area contributed by atoms with Gasteiger partial charge in [0.05, 0.1) is 0 Å². The van der Waals surface area contributed by atoms with Crippen LogP contribution in [0.4, 0.5) is 0 Å². The van der Waals surface area contributed by atoms with Crippen LogP contribution in [0.3, 0.4) is 0 Å². The van der Waals surface area contributed by atoms with Gasteiger partial charge in [0.2, 0.25) is 0 Å². The molecule has 0 fully saturated rings. The van der Waals surface area contributed by atoms with E-state index in [1.165, 1.54) is 0 Å². The molecule has 5 heteroatoms. The van der Waals surface area contributed by atoms with Gasteiger partial charge in [-0.3, -0.25) is 0 Å². The van der Waals surface area contributed by atoms with Crippen LogP contribution in [-0.2, 0) is 21.7 Å². The van der Waals surface area contributed by atoms with Crippen LogP contribution in [0.2, 0.25) is 0 Å². The van der Waals surface area contributed by atoms with E-state index in [-0.39, 0.29) is 48.1 Å². The number of hydrogen-bond acceptors (Lipinski definition) is 4. The van der Waals surface area contributed by atoms with E-state index >= 15 is 0 Å². The summed E-state index contributed by atoms with van der Waals surface area (Å²) >= 11 is 0. The monoisotopic (exact) mass is 340 g/mol. The van der Waals surface area contributed by atoms with Crippen molar-refractivity contribution in [3.63, 3.8) is 0 Å². The van der Waals surface area contributed by atoms with Crippen LogP contribution in [0.25, 0.3) is 0 Å². The van der Waals surface area contributed by atoms with Crippen molar-refractivity contribution >= 4 is 0 Å². The van der Waals surface area contributed by atoms with Crippen LogP contribution in [0.5, 0.6) is 0 Å². The summed E-state index contributed by atoms with van der Waals surface area (Å²) in [4.78, 5) is 0. The molecule has 128 valence electrons. The van der Waals surface area contributed by atoms with Crippen molar-refractivity contribution in [3.05, 3.63) is 0 Å². The maximum Gasteiger partial charge on any atom is 4.00 e. The first-order valence-electron chi connectivity index (χ1n) is 7.41. The van der Waals surface area contributed by atoms with E-state index in [9.17, 15) is 20.4 Å². The van der Waals surface area contributed by atoms with E-state index in [1.807, 2.05) is 55.4 Å². The van der Waals surface area contributed by atoms with Gasteiger partial charge >= 0.3 is 21.7 Å². The molecule has 0 aliphatic rings. The zero-order chi connectivity index (χ0) is 17.1.